The molecule has 0 saturated carbocycles. The van der Waals surface area contributed by atoms with Crippen LogP contribution in [0.25, 0.3) is 0 Å². The number of hydrogen-bond acceptors (Lipinski definition) is 4. The average Bonchev–Trinajstić information content (AvgIpc) is 2.94. The van der Waals surface area contributed by atoms with Gasteiger partial charge in [0.15, 0.2) is 11.6 Å². The lowest BCUT2D eigenvalue weighted by atomic mass is 10.1. The van der Waals surface area contributed by atoms with E-state index in [9.17, 15) is 4.39 Å². The van der Waals surface area contributed by atoms with Crippen LogP contribution in [0.1, 0.15) is 33.1 Å². The maximum Gasteiger partial charge on any atom is 0.167 e. The highest BCUT2D eigenvalue weighted by Crippen LogP contribution is 2.30. The minimum atomic E-state index is -0.425. The van der Waals surface area contributed by atoms with Crippen LogP contribution in [-0.4, -0.2) is 25.4 Å². The van der Waals surface area contributed by atoms with Crippen LogP contribution in [0.3, 0.4) is 0 Å². The third kappa shape index (κ3) is 3.54. The molecule has 2 rings (SSSR count). The largest absolute Gasteiger partial charge is 0.490 e. The number of ether oxygens (including phenoxy) is 2. The minimum Gasteiger partial charge on any atom is -0.490 e. The number of hydrogen-bond donors (Lipinski definition) is 2. The van der Waals surface area contributed by atoms with Crippen molar-refractivity contribution in [3.05, 3.63) is 17.9 Å². The van der Waals surface area contributed by atoms with Gasteiger partial charge in [-0.05, 0) is 26.2 Å². The van der Waals surface area contributed by atoms with Gasteiger partial charge in [-0.25, -0.2) is 4.39 Å². The molecule has 1 aromatic rings. The lowest BCUT2D eigenvalue weighted by Crippen LogP contribution is -2.30. The summed E-state index contributed by atoms with van der Waals surface area (Å²) in [6.07, 6.45) is 3.13. The van der Waals surface area contributed by atoms with Crippen LogP contribution in [0, 0.1) is 5.82 Å². The molecule has 1 aliphatic rings. The maximum atomic E-state index is 13.7. The number of nitrogen functional groups attached to an aromatic ring is 1. The number of nitrogens with one attached hydrogen (secondary N) is 1. The topological polar surface area (TPSA) is 56.5 Å². The van der Waals surface area contributed by atoms with E-state index in [1.54, 1.807) is 6.07 Å². The van der Waals surface area contributed by atoms with Crippen LogP contribution >= 0.6 is 0 Å². The van der Waals surface area contributed by atoms with Crippen molar-refractivity contribution in [2.75, 3.05) is 24.3 Å². The zero-order valence-electron chi connectivity index (χ0n) is 12.1. The van der Waals surface area contributed by atoms with Crippen LogP contribution < -0.4 is 15.8 Å². The molecule has 0 amide bonds. The lowest BCUT2D eigenvalue weighted by Gasteiger charge is -2.22. The van der Waals surface area contributed by atoms with E-state index in [0.29, 0.717) is 18.0 Å². The Morgan fingerprint density at radius 3 is 3.00 bits per heavy atom. The third-order valence-electron chi connectivity index (χ3n) is 3.47. The number of anilines is 2. The highest BCUT2D eigenvalue weighted by atomic mass is 19.1. The summed E-state index contributed by atoms with van der Waals surface area (Å²) in [7, 11) is 0. The van der Waals surface area contributed by atoms with E-state index in [1.807, 2.05) is 13.8 Å². The second-order valence-electron chi connectivity index (χ2n) is 5.20. The smallest absolute Gasteiger partial charge is 0.167 e. The fourth-order valence-corrected chi connectivity index (χ4v) is 2.35. The van der Waals surface area contributed by atoms with Crippen molar-refractivity contribution in [1.29, 1.82) is 0 Å². The van der Waals surface area contributed by atoms with Gasteiger partial charge in [-0.15, -0.1) is 0 Å². The van der Waals surface area contributed by atoms with Gasteiger partial charge in [0.05, 0.1) is 24.1 Å². The molecule has 20 heavy (non-hydrogen) atoms. The Hall–Kier alpha value is -1.49. The van der Waals surface area contributed by atoms with Gasteiger partial charge in [-0.3, -0.25) is 0 Å². The zero-order valence-corrected chi connectivity index (χ0v) is 12.1. The summed E-state index contributed by atoms with van der Waals surface area (Å²) in [5.41, 5.74) is 6.95. The van der Waals surface area contributed by atoms with Crippen molar-refractivity contribution in [1.82, 2.24) is 0 Å². The summed E-state index contributed by atoms with van der Waals surface area (Å²) in [4.78, 5) is 0. The van der Waals surface area contributed by atoms with E-state index < -0.39 is 5.82 Å². The van der Waals surface area contributed by atoms with E-state index in [1.165, 1.54) is 6.07 Å². The molecule has 1 aliphatic heterocycles. The van der Waals surface area contributed by atoms with Gasteiger partial charge in [-0.2, -0.15) is 0 Å². The van der Waals surface area contributed by atoms with Crippen molar-refractivity contribution in [3.63, 3.8) is 0 Å². The molecule has 1 aromatic carbocycles. The molecule has 1 saturated heterocycles. The van der Waals surface area contributed by atoms with Gasteiger partial charge < -0.3 is 20.5 Å². The summed E-state index contributed by atoms with van der Waals surface area (Å²) < 4.78 is 24.8. The van der Waals surface area contributed by atoms with Crippen LogP contribution in [0.15, 0.2) is 12.1 Å². The fourth-order valence-electron chi connectivity index (χ4n) is 2.35. The van der Waals surface area contributed by atoms with Gasteiger partial charge in [0.2, 0.25) is 0 Å². The first-order chi connectivity index (χ1) is 9.61. The first-order valence-electron chi connectivity index (χ1n) is 7.21. The molecule has 3 N–H and O–H groups in total. The first-order valence-corrected chi connectivity index (χ1v) is 7.21. The molecule has 112 valence electrons. The second kappa shape index (κ2) is 6.79. The molecule has 0 aromatic heterocycles. The van der Waals surface area contributed by atoms with Crippen LogP contribution in [0.5, 0.6) is 5.75 Å². The Morgan fingerprint density at radius 2 is 2.35 bits per heavy atom. The van der Waals surface area contributed by atoms with Gasteiger partial charge >= 0.3 is 0 Å². The molecule has 2 atom stereocenters. The Bertz CT molecular complexity index is 448. The average molecular weight is 282 g/mol. The van der Waals surface area contributed by atoms with E-state index in [0.717, 1.165) is 25.9 Å². The number of rotatable bonds is 6. The van der Waals surface area contributed by atoms with Crippen molar-refractivity contribution in [2.45, 2.75) is 45.3 Å². The standard InChI is InChI=1S/C15H23FN2O2/c1-3-6-19-15-9-13(12(17)8-11(15)16)18-10(2)14-5-4-7-20-14/h8-10,14,18H,3-7,17H2,1-2H3. The summed E-state index contributed by atoms with van der Waals surface area (Å²) in [6, 6.07) is 3.06. The Balaban J connectivity index is 2.09. The molecular formula is C15H23FN2O2. The third-order valence-corrected chi connectivity index (χ3v) is 3.47. The van der Waals surface area contributed by atoms with Crippen LogP contribution in [0.4, 0.5) is 15.8 Å². The zero-order chi connectivity index (χ0) is 14.5. The van der Waals surface area contributed by atoms with Gasteiger partial charge in [0.25, 0.3) is 0 Å². The molecule has 5 heteroatoms. The Morgan fingerprint density at radius 1 is 1.55 bits per heavy atom. The molecule has 0 aliphatic carbocycles. The predicted octanol–water partition coefficient (Wildman–Crippen LogP) is 3.18. The lowest BCUT2D eigenvalue weighted by molar-refractivity contribution is 0.0997. The highest BCUT2D eigenvalue weighted by molar-refractivity contribution is 5.69. The van der Waals surface area contributed by atoms with Gasteiger partial charge in [0, 0.05) is 24.8 Å². The number of benzene rings is 1. The number of halogens is 1. The molecular weight excluding hydrogens is 259 g/mol. The molecule has 0 radical (unpaired) electrons. The molecule has 1 heterocycles. The molecule has 1 fully saturated rings. The predicted molar refractivity (Wildman–Crippen MR) is 78.7 cm³/mol. The van der Waals surface area contributed by atoms with Crippen molar-refractivity contribution < 1.29 is 13.9 Å². The summed E-state index contributed by atoms with van der Waals surface area (Å²) in [5, 5.41) is 3.30. The minimum absolute atomic E-state index is 0.129. The molecule has 0 bridgehead atoms. The summed E-state index contributed by atoms with van der Waals surface area (Å²) in [6.45, 7) is 5.32. The Kier molecular flexibility index (Phi) is 5.06. The van der Waals surface area contributed by atoms with Crippen molar-refractivity contribution in [2.24, 2.45) is 0 Å². The second-order valence-corrected chi connectivity index (χ2v) is 5.20. The van der Waals surface area contributed by atoms with E-state index in [4.69, 9.17) is 15.2 Å². The van der Waals surface area contributed by atoms with Gasteiger partial charge in [0.1, 0.15) is 0 Å². The van der Waals surface area contributed by atoms with Gasteiger partial charge in [-0.1, -0.05) is 6.92 Å². The van der Waals surface area contributed by atoms with Crippen molar-refractivity contribution in [3.8, 4) is 5.75 Å². The first kappa shape index (κ1) is 14.9. The number of nitrogens with two attached hydrogens (primary N) is 1. The normalized spacial score (nSPS) is 19.9. The maximum absolute atomic E-state index is 13.7. The summed E-state index contributed by atoms with van der Waals surface area (Å²) in [5.74, 6) is -0.186. The van der Waals surface area contributed by atoms with E-state index >= 15 is 0 Å². The quantitative estimate of drug-likeness (QED) is 0.787. The van der Waals surface area contributed by atoms with E-state index in [2.05, 4.69) is 5.32 Å². The highest BCUT2D eigenvalue weighted by Gasteiger charge is 2.23. The van der Waals surface area contributed by atoms with Crippen LogP contribution in [0.2, 0.25) is 0 Å². The Labute approximate surface area is 119 Å². The molecule has 0 spiro atoms. The molecule has 2 unspecified atom stereocenters. The van der Waals surface area contributed by atoms with E-state index in [-0.39, 0.29) is 17.9 Å². The van der Waals surface area contributed by atoms with Crippen molar-refractivity contribution >= 4 is 11.4 Å². The SMILES string of the molecule is CCCOc1cc(NC(C)C2CCCO2)c(N)cc1F. The fraction of sp³-hybridized carbons (Fsp3) is 0.600. The van der Waals surface area contributed by atoms with Crippen LogP contribution in [-0.2, 0) is 4.74 Å². The monoisotopic (exact) mass is 282 g/mol. The summed E-state index contributed by atoms with van der Waals surface area (Å²) >= 11 is 0. The molecule has 4 nitrogen and oxygen atoms in total.